The van der Waals surface area contributed by atoms with Gasteiger partial charge in [-0.05, 0) is 60.4 Å². The lowest BCUT2D eigenvalue weighted by molar-refractivity contribution is -0.136. The van der Waals surface area contributed by atoms with E-state index in [1.807, 2.05) is 24.3 Å². The number of hydrogen-bond donors (Lipinski definition) is 2. The summed E-state index contributed by atoms with van der Waals surface area (Å²) in [6.07, 6.45) is 0.924. The highest BCUT2D eigenvalue weighted by Crippen LogP contribution is 2.31. The Morgan fingerprint density at radius 1 is 0.976 bits per heavy atom. The summed E-state index contributed by atoms with van der Waals surface area (Å²) in [5.41, 5.74) is 2.71. The number of halogens is 2. The van der Waals surface area contributed by atoms with Crippen LogP contribution in [0.4, 0.5) is 8.78 Å². The van der Waals surface area contributed by atoms with E-state index in [-0.39, 0.29) is 43.5 Å². The molecule has 3 aliphatic heterocycles. The number of carbonyl (C=O) groups is 3. The van der Waals surface area contributed by atoms with Crippen LogP contribution in [0.2, 0.25) is 0 Å². The number of fused-ring (bicyclic) bond motifs is 1. The lowest BCUT2D eigenvalue weighted by Crippen LogP contribution is -2.54. The Labute approximate surface area is 242 Å². The van der Waals surface area contributed by atoms with Crippen LogP contribution in [0.25, 0.3) is 0 Å². The second-order valence-corrected chi connectivity index (χ2v) is 11.1. The molecule has 3 aromatic rings. The molecule has 8 nitrogen and oxygen atoms in total. The number of ether oxygens (including phenoxy) is 1. The van der Waals surface area contributed by atoms with Crippen molar-refractivity contribution in [2.24, 2.45) is 0 Å². The quantitative estimate of drug-likeness (QED) is 0.400. The van der Waals surface area contributed by atoms with E-state index in [0.717, 1.165) is 29.7 Å². The molecule has 10 heteroatoms. The Hall–Kier alpha value is -4.15. The molecule has 218 valence electrons. The number of rotatable bonds is 8. The maximum absolute atomic E-state index is 14.4. The van der Waals surface area contributed by atoms with E-state index in [9.17, 15) is 23.2 Å². The summed E-state index contributed by atoms with van der Waals surface area (Å²) in [6, 6.07) is 18.2. The van der Waals surface area contributed by atoms with Crippen LogP contribution in [0.15, 0.2) is 66.7 Å². The summed E-state index contributed by atoms with van der Waals surface area (Å²) in [5, 5.41) is 5.93. The third-order valence-corrected chi connectivity index (χ3v) is 8.24. The third kappa shape index (κ3) is 6.05. The fourth-order valence-electron chi connectivity index (χ4n) is 6.03. The number of nitrogens with zero attached hydrogens (tertiary/aromatic N) is 2. The molecular formula is C32H32F2N4O4. The van der Waals surface area contributed by atoms with Crippen LogP contribution in [0, 0.1) is 11.6 Å². The van der Waals surface area contributed by atoms with Gasteiger partial charge in [-0.25, -0.2) is 8.78 Å². The summed E-state index contributed by atoms with van der Waals surface area (Å²) in [5.74, 6) is -1.35. The van der Waals surface area contributed by atoms with Crippen LogP contribution in [-0.4, -0.2) is 58.8 Å². The van der Waals surface area contributed by atoms with Gasteiger partial charge < -0.3 is 15.0 Å². The predicted octanol–water partition coefficient (Wildman–Crippen LogP) is 3.54. The molecule has 3 amide bonds. The molecule has 6 rings (SSSR count). The summed E-state index contributed by atoms with van der Waals surface area (Å²) in [4.78, 5) is 40.7. The topological polar surface area (TPSA) is 91.0 Å². The number of carbonyl (C=O) groups excluding carboxylic acids is 3. The molecule has 3 unspecified atom stereocenters. The van der Waals surface area contributed by atoms with Crippen LogP contribution in [0.5, 0.6) is 5.75 Å². The van der Waals surface area contributed by atoms with Gasteiger partial charge in [-0.3, -0.25) is 24.6 Å². The van der Waals surface area contributed by atoms with Crippen LogP contribution in [0.3, 0.4) is 0 Å². The van der Waals surface area contributed by atoms with Gasteiger partial charge in [0.25, 0.3) is 5.91 Å². The van der Waals surface area contributed by atoms with E-state index >= 15 is 0 Å². The zero-order chi connectivity index (χ0) is 29.2. The van der Waals surface area contributed by atoms with Crippen LogP contribution in [0.1, 0.15) is 46.3 Å². The molecule has 3 heterocycles. The summed E-state index contributed by atoms with van der Waals surface area (Å²) < 4.78 is 34.8. The standard InChI is InChI=1S/C32H32F2N4O4/c33-23-6-9-26(34)22(14-23)17-37-13-12-27(35-16-20-4-2-1-3-5-20)29(19-37)42-24-7-8-25-21(15-24)18-38(32(25)41)28-10-11-30(39)36-31(28)40/h1-9,14-15,27-29,35H,10-13,16-19H2,(H,36,39,40). The highest BCUT2D eigenvalue weighted by Gasteiger charge is 2.39. The first-order valence-electron chi connectivity index (χ1n) is 14.2. The highest BCUT2D eigenvalue weighted by atomic mass is 19.1. The monoisotopic (exact) mass is 574 g/mol. The summed E-state index contributed by atoms with van der Waals surface area (Å²) in [7, 11) is 0. The van der Waals surface area contributed by atoms with Gasteiger partial charge in [0.2, 0.25) is 11.8 Å². The van der Waals surface area contributed by atoms with E-state index in [1.165, 1.54) is 11.0 Å². The van der Waals surface area contributed by atoms with Crippen molar-refractivity contribution in [1.82, 2.24) is 20.4 Å². The van der Waals surface area contributed by atoms with E-state index < -0.39 is 23.6 Å². The van der Waals surface area contributed by atoms with Crippen molar-refractivity contribution in [2.75, 3.05) is 13.1 Å². The van der Waals surface area contributed by atoms with Gasteiger partial charge in [-0.15, -0.1) is 0 Å². The number of amides is 3. The zero-order valence-corrected chi connectivity index (χ0v) is 23.0. The van der Waals surface area contributed by atoms with E-state index in [1.54, 1.807) is 12.1 Å². The molecule has 0 radical (unpaired) electrons. The smallest absolute Gasteiger partial charge is 0.255 e. The number of nitrogens with one attached hydrogen (secondary N) is 2. The second-order valence-electron chi connectivity index (χ2n) is 11.1. The van der Waals surface area contributed by atoms with Crippen molar-refractivity contribution < 1.29 is 27.9 Å². The Kier molecular flexibility index (Phi) is 7.99. The first-order valence-corrected chi connectivity index (χ1v) is 14.2. The maximum atomic E-state index is 14.4. The van der Waals surface area contributed by atoms with Gasteiger partial charge in [0.05, 0.1) is 0 Å². The maximum Gasteiger partial charge on any atom is 0.255 e. The van der Waals surface area contributed by atoms with E-state index in [4.69, 9.17) is 4.74 Å². The van der Waals surface area contributed by atoms with Crippen molar-refractivity contribution in [1.29, 1.82) is 0 Å². The van der Waals surface area contributed by atoms with Crippen molar-refractivity contribution >= 4 is 17.7 Å². The summed E-state index contributed by atoms with van der Waals surface area (Å²) in [6.45, 7) is 2.34. The van der Waals surface area contributed by atoms with Crippen molar-refractivity contribution in [3.05, 3.63) is 101 Å². The average Bonchev–Trinajstić information content (AvgIpc) is 3.30. The number of likely N-dealkylation sites (tertiary alicyclic amines) is 1. The van der Waals surface area contributed by atoms with Gasteiger partial charge in [0.1, 0.15) is 29.5 Å². The molecule has 0 saturated carbocycles. The van der Waals surface area contributed by atoms with Gasteiger partial charge >= 0.3 is 0 Å². The molecule has 2 N–H and O–H groups in total. The second kappa shape index (κ2) is 12.0. The predicted molar refractivity (Wildman–Crippen MR) is 150 cm³/mol. The van der Waals surface area contributed by atoms with Crippen molar-refractivity contribution in [2.45, 2.75) is 57.1 Å². The average molecular weight is 575 g/mol. The Morgan fingerprint density at radius 2 is 1.81 bits per heavy atom. The van der Waals surface area contributed by atoms with Gasteiger partial charge in [-0.2, -0.15) is 0 Å². The first kappa shape index (κ1) is 28.0. The largest absolute Gasteiger partial charge is 0.487 e. The minimum absolute atomic E-state index is 0.00586. The van der Waals surface area contributed by atoms with Crippen molar-refractivity contribution in [3.8, 4) is 5.75 Å². The van der Waals surface area contributed by atoms with Crippen molar-refractivity contribution in [3.63, 3.8) is 0 Å². The van der Waals surface area contributed by atoms with Crippen LogP contribution in [-0.2, 0) is 29.2 Å². The molecule has 0 aromatic heterocycles. The molecule has 3 aliphatic rings. The zero-order valence-electron chi connectivity index (χ0n) is 23.0. The Morgan fingerprint density at radius 3 is 2.62 bits per heavy atom. The van der Waals surface area contributed by atoms with Crippen LogP contribution >= 0.6 is 0 Å². The van der Waals surface area contributed by atoms with Gasteiger partial charge in [0.15, 0.2) is 0 Å². The molecule has 0 spiro atoms. The first-order chi connectivity index (χ1) is 20.3. The number of benzene rings is 3. The molecule has 0 aliphatic carbocycles. The fraction of sp³-hybridized carbons (Fsp3) is 0.344. The SMILES string of the molecule is O=C1CCC(N2Cc3cc(OC4CN(Cc5cc(F)ccc5F)CCC4NCc4ccccc4)ccc3C2=O)C(=O)N1. The van der Waals surface area contributed by atoms with E-state index in [2.05, 4.69) is 27.7 Å². The van der Waals surface area contributed by atoms with Gasteiger partial charge in [0, 0.05) is 56.3 Å². The number of imide groups is 1. The molecule has 3 atom stereocenters. The fourth-order valence-corrected chi connectivity index (χ4v) is 6.03. The summed E-state index contributed by atoms with van der Waals surface area (Å²) >= 11 is 0. The lowest BCUT2D eigenvalue weighted by Gasteiger charge is -2.39. The molecule has 2 fully saturated rings. The van der Waals surface area contributed by atoms with Crippen LogP contribution < -0.4 is 15.4 Å². The molecule has 42 heavy (non-hydrogen) atoms. The number of piperidine rings is 2. The molecular weight excluding hydrogens is 542 g/mol. The Bertz CT molecular complexity index is 1500. The molecule has 0 bridgehead atoms. The van der Waals surface area contributed by atoms with E-state index in [0.29, 0.717) is 42.9 Å². The number of hydrogen-bond acceptors (Lipinski definition) is 6. The molecule has 2 saturated heterocycles. The molecule has 3 aromatic carbocycles. The van der Waals surface area contributed by atoms with Gasteiger partial charge in [-0.1, -0.05) is 30.3 Å². The minimum Gasteiger partial charge on any atom is -0.487 e. The Balaban J connectivity index is 1.18. The normalized spacial score (nSPS) is 22.7. The third-order valence-electron chi connectivity index (χ3n) is 8.24. The highest BCUT2D eigenvalue weighted by molar-refractivity contribution is 6.05. The minimum atomic E-state index is -0.686. The lowest BCUT2D eigenvalue weighted by atomic mass is 10.00.